The number of halogens is 1. The maximum Gasteiger partial charge on any atom is 0.343 e. The number of ether oxygens (including phenoxy) is 1. The third kappa shape index (κ3) is 5.08. The number of carbonyl (C=O) groups excluding carboxylic acids is 1. The maximum atomic E-state index is 12.4. The van der Waals surface area contributed by atoms with Crippen LogP contribution in [0.4, 0.5) is 5.69 Å². The van der Waals surface area contributed by atoms with Gasteiger partial charge in [0.05, 0.1) is 16.8 Å². The van der Waals surface area contributed by atoms with Gasteiger partial charge in [0, 0.05) is 16.3 Å². The molecule has 0 fully saturated rings. The van der Waals surface area contributed by atoms with E-state index < -0.39 is 11.9 Å². The van der Waals surface area contributed by atoms with E-state index in [4.69, 9.17) is 9.84 Å². The molecule has 0 saturated heterocycles. The Kier molecular flexibility index (Phi) is 6.09. The van der Waals surface area contributed by atoms with Crippen molar-refractivity contribution < 1.29 is 24.5 Å². The van der Waals surface area contributed by atoms with Crippen LogP contribution < -0.4 is 4.74 Å². The van der Waals surface area contributed by atoms with Gasteiger partial charge < -0.3 is 14.9 Å². The Balaban J connectivity index is 1.88. The number of aromatic hydroxyl groups is 1. The number of esters is 1. The number of hydrogen-bond donors (Lipinski definition) is 2. The summed E-state index contributed by atoms with van der Waals surface area (Å²) in [6.07, 6.45) is 1.37. The average molecular weight is 454 g/mol. The lowest BCUT2D eigenvalue weighted by Gasteiger charge is -2.09. The fourth-order valence-electron chi connectivity index (χ4n) is 2.56. The van der Waals surface area contributed by atoms with Gasteiger partial charge in [0.25, 0.3) is 0 Å². The molecule has 0 saturated carbocycles. The number of aryl methyl sites for hydroxylation is 1. The molecule has 29 heavy (non-hydrogen) atoms. The smallest absolute Gasteiger partial charge is 0.343 e. The number of benzene rings is 3. The molecule has 3 aromatic carbocycles. The van der Waals surface area contributed by atoms with Gasteiger partial charge in [-0.05, 0) is 49.4 Å². The summed E-state index contributed by atoms with van der Waals surface area (Å²) in [5, 5.41) is 19.6. The van der Waals surface area contributed by atoms with Crippen molar-refractivity contribution in [2.45, 2.75) is 6.92 Å². The van der Waals surface area contributed by atoms with Gasteiger partial charge in [-0.15, -0.1) is 0 Å². The molecule has 7 heteroatoms. The average Bonchev–Trinajstić information content (AvgIpc) is 2.69. The van der Waals surface area contributed by atoms with E-state index in [1.165, 1.54) is 24.4 Å². The first-order chi connectivity index (χ1) is 13.8. The fourth-order valence-corrected chi connectivity index (χ4v) is 3.02. The molecule has 146 valence electrons. The number of phenols is 1. The van der Waals surface area contributed by atoms with E-state index >= 15 is 0 Å². The van der Waals surface area contributed by atoms with Crippen molar-refractivity contribution >= 4 is 39.8 Å². The van der Waals surface area contributed by atoms with Crippen molar-refractivity contribution in [3.8, 4) is 11.5 Å². The number of carboxylic acids is 1. The topological polar surface area (TPSA) is 96.2 Å². The molecule has 3 rings (SSSR count). The number of carboxylic acid groups (broad SMARTS) is 1. The molecule has 0 atom stereocenters. The van der Waals surface area contributed by atoms with Crippen LogP contribution in [0.1, 0.15) is 31.8 Å². The number of nitrogens with zero attached hydrogens (tertiary/aromatic N) is 1. The maximum absolute atomic E-state index is 12.4. The molecule has 0 heterocycles. The van der Waals surface area contributed by atoms with E-state index in [0.29, 0.717) is 21.3 Å². The summed E-state index contributed by atoms with van der Waals surface area (Å²) in [5.74, 6) is -1.93. The number of aliphatic imine (C=N–C) groups is 1. The largest absolute Gasteiger partial charge is 0.504 e. The number of hydrogen-bond acceptors (Lipinski definition) is 5. The molecule has 6 nitrogen and oxygen atoms in total. The monoisotopic (exact) mass is 453 g/mol. The second-order valence-corrected chi connectivity index (χ2v) is 7.13. The van der Waals surface area contributed by atoms with E-state index in [-0.39, 0.29) is 17.1 Å². The first kappa shape index (κ1) is 20.3. The molecular formula is C22H16BrNO5. The van der Waals surface area contributed by atoms with Gasteiger partial charge in [0.15, 0.2) is 11.5 Å². The highest BCUT2D eigenvalue weighted by Crippen LogP contribution is 2.34. The van der Waals surface area contributed by atoms with E-state index in [0.717, 1.165) is 5.56 Å². The Morgan fingerprint density at radius 1 is 1.03 bits per heavy atom. The van der Waals surface area contributed by atoms with Gasteiger partial charge in [0.2, 0.25) is 0 Å². The quantitative estimate of drug-likeness (QED) is 0.317. The minimum Gasteiger partial charge on any atom is -0.504 e. The third-order valence-corrected chi connectivity index (χ3v) is 4.43. The van der Waals surface area contributed by atoms with Gasteiger partial charge in [-0.1, -0.05) is 39.7 Å². The predicted octanol–water partition coefficient (Wildman–Crippen LogP) is 5.13. The van der Waals surface area contributed by atoms with Crippen molar-refractivity contribution in [1.29, 1.82) is 0 Å². The number of rotatable bonds is 5. The molecule has 0 aliphatic carbocycles. The minimum absolute atomic E-state index is 0.0217. The Bertz CT molecular complexity index is 1120. The molecule has 0 radical (unpaired) electrons. The highest BCUT2D eigenvalue weighted by Gasteiger charge is 2.15. The van der Waals surface area contributed by atoms with Gasteiger partial charge >= 0.3 is 11.9 Å². The summed E-state index contributed by atoms with van der Waals surface area (Å²) in [7, 11) is 0. The fraction of sp³-hybridized carbons (Fsp3) is 0.0455. The van der Waals surface area contributed by atoms with E-state index in [1.807, 2.05) is 13.0 Å². The van der Waals surface area contributed by atoms with E-state index in [1.54, 1.807) is 36.4 Å². The Morgan fingerprint density at radius 2 is 1.76 bits per heavy atom. The highest BCUT2D eigenvalue weighted by atomic mass is 79.9. The molecule has 0 bridgehead atoms. The number of phenolic OH excluding ortho intramolecular Hbond substituents is 1. The van der Waals surface area contributed by atoms with E-state index in [2.05, 4.69) is 20.9 Å². The number of carbonyl (C=O) groups is 2. The Hall–Kier alpha value is -3.45. The third-order valence-electron chi connectivity index (χ3n) is 3.97. The van der Waals surface area contributed by atoms with Crippen LogP contribution in [-0.2, 0) is 0 Å². The summed E-state index contributed by atoms with van der Waals surface area (Å²) in [6, 6.07) is 16.1. The second kappa shape index (κ2) is 8.70. The van der Waals surface area contributed by atoms with Crippen LogP contribution in [0, 0.1) is 6.92 Å². The van der Waals surface area contributed by atoms with Crippen LogP contribution in [-0.4, -0.2) is 28.4 Å². The Labute approximate surface area is 175 Å². The van der Waals surface area contributed by atoms with Crippen LogP contribution in [0.5, 0.6) is 11.5 Å². The van der Waals surface area contributed by atoms with Gasteiger partial charge in [0.1, 0.15) is 0 Å². The lowest BCUT2D eigenvalue weighted by atomic mass is 10.1. The summed E-state index contributed by atoms with van der Waals surface area (Å²) in [4.78, 5) is 27.7. The first-order valence-corrected chi connectivity index (χ1v) is 9.31. The zero-order chi connectivity index (χ0) is 21.0. The molecule has 0 aliphatic rings. The lowest BCUT2D eigenvalue weighted by molar-refractivity contribution is 0.0694. The molecule has 0 unspecified atom stereocenters. The van der Waals surface area contributed by atoms with Crippen molar-refractivity contribution in [3.63, 3.8) is 0 Å². The van der Waals surface area contributed by atoms with Crippen molar-refractivity contribution in [1.82, 2.24) is 0 Å². The van der Waals surface area contributed by atoms with Gasteiger partial charge in [-0.25, -0.2) is 9.59 Å². The van der Waals surface area contributed by atoms with Crippen molar-refractivity contribution in [3.05, 3.63) is 87.4 Å². The summed E-state index contributed by atoms with van der Waals surface area (Å²) in [6.45, 7) is 1.86. The molecule has 0 amide bonds. The van der Waals surface area contributed by atoms with Crippen LogP contribution in [0.2, 0.25) is 0 Å². The summed E-state index contributed by atoms with van der Waals surface area (Å²) >= 11 is 3.32. The van der Waals surface area contributed by atoms with Crippen LogP contribution in [0.25, 0.3) is 0 Å². The molecule has 2 N–H and O–H groups in total. The van der Waals surface area contributed by atoms with Crippen LogP contribution >= 0.6 is 15.9 Å². The standard InChI is InChI=1S/C22H16BrNO5/c1-13-4-2-6-15(8-13)22(28)29-19-11-17(23)9-16(20(19)25)12-24-18-7-3-5-14(10-18)21(26)27/h2-12,25H,1H3,(H,26,27). The predicted molar refractivity (Wildman–Crippen MR) is 113 cm³/mol. The van der Waals surface area contributed by atoms with Crippen LogP contribution in [0.3, 0.4) is 0 Å². The first-order valence-electron chi connectivity index (χ1n) is 8.52. The molecule has 0 aromatic heterocycles. The molecule has 3 aromatic rings. The van der Waals surface area contributed by atoms with Gasteiger partial charge in [-0.3, -0.25) is 4.99 Å². The summed E-state index contributed by atoms with van der Waals surface area (Å²) < 4.78 is 5.92. The van der Waals surface area contributed by atoms with Crippen LogP contribution in [0.15, 0.2) is 70.1 Å². The van der Waals surface area contributed by atoms with Crippen molar-refractivity contribution in [2.24, 2.45) is 4.99 Å². The van der Waals surface area contributed by atoms with E-state index in [9.17, 15) is 14.7 Å². The molecule has 0 spiro atoms. The second-order valence-electron chi connectivity index (χ2n) is 6.21. The Morgan fingerprint density at radius 3 is 2.48 bits per heavy atom. The van der Waals surface area contributed by atoms with Gasteiger partial charge in [-0.2, -0.15) is 0 Å². The zero-order valence-corrected chi connectivity index (χ0v) is 16.9. The SMILES string of the molecule is Cc1cccc(C(=O)Oc2cc(Br)cc(C=Nc3cccc(C(=O)O)c3)c2O)c1. The molecule has 0 aliphatic heterocycles. The zero-order valence-electron chi connectivity index (χ0n) is 15.3. The lowest BCUT2D eigenvalue weighted by Crippen LogP contribution is -2.09. The molecular weight excluding hydrogens is 438 g/mol. The summed E-state index contributed by atoms with van der Waals surface area (Å²) in [5.41, 5.74) is 2.08. The number of aromatic carboxylic acids is 1. The normalized spacial score (nSPS) is 10.8. The minimum atomic E-state index is -1.06. The van der Waals surface area contributed by atoms with Crippen molar-refractivity contribution in [2.75, 3.05) is 0 Å². The highest BCUT2D eigenvalue weighted by molar-refractivity contribution is 9.10.